The Morgan fingerprint density at radius 2 is 1.88 bits per heavy atom. The van der Waals surface area contributed by atoms with Gasteiger partial charge >= 0.3 is 0 Å². The van der Waals surface area contributed by atoms with Gasteiger partial charge in [-0.25, -0.2) is 4.98 Å². The number of anilines is 1. The molecular weight excluding hydrogens is 348 g/mol. The van der Waals surface area contributed by atoms with Crippen LogP contribution in [0.3, 0.4) is 0 Å². The summed E-state index contributed by atoms with van der Waals surface area (Å²) in [6.07, 6.45) is 0.933. The Morgan fingerprint density at radius 1 is 1.12 bits per heavy atom. The highest BCUT2D eigenvalue weighted by Gasteiger charge is 2.14. The minimum Gasteiger partial charge on any atom is -0.497 e. The summed E-state index contributed by atoms with van der Waals surface area (Å²) < 4.78 is 10.4. The van der Waals surface area contributed by atoms with Gasteiger partial charge in [0.2, 0.25) is 0 Å². The number of hydrogen-bond donors (Lipinski definition) is 1. The molecule has 0 unspecified atom stereocenters. The Hall–Kier alpha value is -2.86. The van der Waals surface area contributed by atoms with E-state index < -0.39 is 0 Å². The van der Waals surface area contributed by atoms with Crippen LogP contribution in [-0.2, 0) is 6.42 Å². The fourth-order valence-corrected chi connectivity index (χ4v) is 3.27. The van der Waals surface area contributed by atoms with E-state index in [2.05, 4.69) is 22.6 Å². The maximum absolute atomic E-state index is 12.5. The van der Waals surface area contributed by atoms with Crippen molar-refractivity contribution in [2.75, 3.05) is 19.5 Å². The number of nitrogens with zero attached hydrogens (tertiary/aromatic N) is 1. The first-order valence-corrected chi connectivity index (χ1v) is 9.10. The first-order chi connectivity index (χ1) is 12.6. The molecule has 134 valence electrons. The first kappa shape index (κ1) is 17.9. The smallest absolute Gasteiger partial charge is 0.259 e. The summed E-state index contributed by atoms with van der Waals surface area (Å²) in [6.45, 7) is 2.09. The normalized spacial score (nSPS) is 10.4. The molecule has 1 N–H and O–H groups in total. The zero-order valence-corrected chi connectivity index (χ0v) is 15.7. The molecule has 3 aromatic rings. The van der Waals surface area contributed by atoms with Crippen LogP contribution in [0.4, 0.5) is 5.69 Å². The number of benzene rings is 2. The third kappa shape index (κ3) is 3.86. The highest BCUT2D eigenvalue weighted by Crippen LogP contribution is 2.27. The fraction of sp³-hybridized carbons (Fsp3) is 0.200. The number of hydrogen-bond acceptors (Lipinski definition) is 5. The summed E-state index contributed by atoms with van der Waals surface area (Å²) in [6, 6.07) is 12.7. The van der Waals surface area contributed by atoms with Gasteiger partial charge in [0.05, 0.1) is 30.5 Å². The van der Waals surface area contributed by atoms with Gasteiger partial charge in [0.25, 0.3) is 5.91 Å². The predicted octanol–water partition coefficient (Wildman–Crippen LogP) is 4.64. The summed E-state index contributed by atoms with van der Waals surface area (Å²) in [7, 11) is 3.10. The largest absolute Gasteiger partial charge is 0.497 e. The maximum atomic E-state index is 12.5. The maximum Gasteiger partial charge on any atom is 0.259 e. The topological polar surface area (TPSA) is 60.5 Å². The summed E-state index contributed by atoms with van der Waals surface area (Å²) in [5.41, 5.74) is 3.15. The monoisotopic (exact) mass is 368 g/mol. The molecule has 0 radical (unpaired) electrons. The highest BCUT2D eigenvalue weighted by atomic mass is 32.1. The van der Waals surface area contributed by atoms with E-state index in [1.165, 1.54) is 7.11 Å². The minimum absolute atomic E-state index is 0.237. The third-order valence-corrected chi connectivity index (χ3v) is 4.94. The fourth-order valence-electron chi connectivity index (χ4n) is 2.51. The molecule has 0 fully saturated rings. The van der Waals surface area contributed by atoms with Crippen LogP contribution in [0.1, 0.15) is 22.3 Å². The molecule has 0 bridgehead atoms. The van der Waals surface area contributed by atoms with E-state index in [0.29, 0.717) is 22.7 Å². The van der Waals surface area contributed by atoms with Crippen molar-refractivity contribution in [1.82, 2.24) is 4.98 Å². The molecule has 26 heavy (non-hydrogen) atoms. The van der Waals surface area contributed by atoms with Crippen molar-refractivity contribution in [2.24, 2.45) is 0 Å². The van der Waals surface area contributed by atoms with Crippen LogP contribution in [0.25, 0.3) is 11.3 Å². The molecule has 2 aromatic carbocycles. The molecule has 5 nitrogen and oxygen atoms in total. The number of aryl methyl sites for hydroxylation is 1. The molecule has 0 spiro atoms. The van der Waals surface area contributed by atoms with Crippen LogP contribution in [0, 0.1) is 0 Å². The van der Waals surface area contributed by atoms with Crippen molar-refractivity contribution < 1.29 is 14.3 Å². The van der Waals surface area contributed by atoms with Crippen LogP contribution < -0.4 is 14.8 Å². The highest BCUT2D eigenvalue weighted by molar-refractivity contribution is 7.09. The Labute approximate surface area is 156 Å². The summed E-state index contributed by atoms with van der Waals surface area (Å²) >= 11 is 1.66. The first-order valence-electron chi connectivity index (χ1n) is 8.22. The molecule has 6 heteroatoms. The molecule has 1 amide bonds. The van der Waals surface area contributed by atoms with Crippen LogP contribution >= 0.6 is 11.3 Å². The van der Waals surface area contributed by atoms with E-state index >= 15 is 0 Å². The number of aromatic nitrogens is 1. The Bertz CT molecular complexity index is 904. The van der Waals surface area contributed by atoms with E-state index in [1.54, 1.807) is 36.6 Å². The minimum atomic E-state index is -0.237. The van der Waals surface area contributed by atoms with Gasteiger partial charge in [-0.05, 0) is 30.7 Å². The summed E-state index contributed by atoms with van der Waals surface area (Å²) in [4.78, 5) is 17.1. The lowest BCUT2D eigenvalue weighted by atomic mass is 10.1. The molecule has 0 saturated heterocycles. The number of ether oxygens (including phenoxy) is 2. The number of thiazole rings is 1. The summed E-state index contributed by atoms with van der Waals surface area (Å²) in [5.74, 6) is 0.865. The Balaban J connectivity index is 1.75. The Kier molecular flexibility index (Phi) is 5.53. The lowest BCUT2D eigenvalue weighted by Crippen LogP contribution is -2.13. The predicted molar refractivity (Wildman–Crippen MR) is 104 cm³/mol. The molecule has 0 aliphatic carbocycles. The van der Waals surface area contributed by atoms with Crippen LogP contribution in [-0.4, -0.2) is 25.1 Å². The van der Waals surface area contributed by atoms with E-state index in [9.17, 15) is 4.79 Å². The lowest BCUT2D eigenvalue weighted by Gasteiger charge is -2.11. The second-order valence-corrected chi connectivity index (χ2v) is 6.52. The SMILES string of the molecule is CCc1nc(-c2ccc(NC(=O)c3ccc(OC)cc3OC)cc2)cs1. The molecular formula is C20H20N2O3S. The number of carbonyl (C=O) groups excluding carboxylic acids is 1. The van der Waals surface area contributed by atoms with Gasteiger partial charge in [0.1, 0.15) is 11.5 Å². The van der Waals surface area contributed by atoms with Crippen molar-refractivity contribution in [1.29, 1.82) is 0 Å². The van der Waals surface area contributed by atoms with Crippen LogP contribution in [0.5, 0.6) is 11.5 Å². The molecule has 1 aromatic heterocycles. The van der Waals surface area contributed by atoms with E-state index in [-0.39, 0.29) is 5.91 Å². The van der Waals surface area contributed by atoms with E-state index in [1.807, 2.05) is 24.3 Å². The lowest BCUT2D eigenvalue weighted by molar-refractivity contribution is 0.102. The molecule has 0 saturated carbocycles. The third-order valence-electron chi connectivity index (χ3n) is 3.95. The molecule has 1 heterocycles. The standard InChI is InChI=1S/C20H20N2O3S/c1-4-19-22-17(12-26-19)13-5-7-14(8-6-13)21-20(23)16-10-9-15(24-2)11-18(16)25-3/h5-12H,4H2,1-3H3,(H,21,23). The van der Waals surface area contributed by atoms with Crippen molar-refractivity contribution in [3.05, 3.63) is 58.4 Å². The zero-order valence-electron chi connectivity index (χ0n) is 14.9. The van der Waals surface area contributed by atoms with Gasteiger partial charge in [-0.2, -0.15) is 0 Å². The summed E-state index contributed by atoms with van der Waals surface area (Å²) in [5, 5.41) is 6.05. The van der Waals surface area contributed by atoms with Gasteiger partial charge < -0.3 is 14.8 Å². The number of carbonyl (C=O) groups is 1. The van der Waals surface area contributed by atoms with Gasteiger partial charge in [0.15, 0.2) is 0 Å². The van der Waals surface area contributed by atoms with Gasteiger partial charge in [-0.15, -0.1) is 11.3 Å². The number of rotatable bonds is 6. The van der Waals surface area contributed by atoms with Gasteiger partial charge in [-0.3, -0.25) is 4.79 Å². The molecule has 3 rings (SSSR count). The van der Waals surface area contributed by atoms with Gasteiger partial charge in [0, 0.05) is 22.7 Å². The van der Waals surface area contributed by atoms with Crippen molar-refractivity contribution >= 4 is 22.9 Å². The van der Waals surface area contributed by atoms with Crippen molar-refractivity contribution in [3.63, 3.8) is 0 Å². The van der Waals surface area contributed by atoms with Crippen LogP contribution in [0.15, 0.2) is 47.8 Å². The van der Waals surface area contributed by atoms with Crippen molar-refractivity contribution in [2.45, 2.75) is 13.3 Å². The number of nitrogens with one attached hydrogen (secondary N) is 1. The molecule has 0 aliphatic heterocycles. The zero-order chi connectivity index (χ0) is 18.5. The van der Waals surface area contributed by atoms with Gasteiger partial charge in [-0.1, -0.05) is 19.1 Å². The second-order valence-electron chi connectivity index (χ2n) is 5.58. The quantitative estimate of drug-likeness (QED) is 0.688. The van der Waals surface area contributed by atoms with E-state index in [4.69, 9.17) is 9.47 Å². The van der Waals surface area contributed by atoms with Crippen molar-refractivity contribution in [3.8, 4) is 22.8 Å². The second kappa shape index (κ2) is 8.01. The number of methoxy groups -OCH3 is 2. The average molecular weight is 368 g/mol. The molecule has 0 aliphatic rings. The van der Waals surface area contributed by atoms with E-state index in [0.717, 1.165) is 22.7 Å². The number of amides is 1. The van der Waals surface area contributed by atoms with Crippen LogP contribution in [0.2, 0.25) is 0 Å². The Morgan fingerprint density at radius 3 is 2.50 bits per heavy atom. The average Bonchev–Trinajstić information content (AvgIpc) is 3.17. The molecule has 0 atom stereocenters.